The van der Waals surface area contributed by atoms with E-state index in [1.54, 1.807) is 4.90 Å². The molecule has 1 aliphatic rings. The van der Waals surface area contributed by atoms with Gasteiger partial charge in [-0.3, -0.25) is 19.4 Å². The van der Waals surface area contributed by atoms with E-state index in [1.165, 1.54) is 0 Å². The summed E-state index contributed by atoms with van der Waals surface area (Å²) in [7, 11) is 0. The highest BCUT2D eigenvalue weighted by Crippen LogP contribution is 2.22. The number of amides is 1. The van der Waals surface area contributed by atoms with Gasteiger partial charge in [-0.1, -0.05) is 0 Å². The van der Waals surface area contributed by atoms with Gasteiger partial charge in [-0.2, -0.15) is 0 Å². The second kappa shape index (κ2) is 6.38. The molecule has 0 radical (unpaired) electrons. The van der Waals surface area contributed by atoms with Crippen molar-refractivity contribution in [3.63, 3.8) is 0 Å². The summed E-state index contributed by atoms with van der Waals surface area (Å²) in [6.45, 7) is 0.996. The van der Waals surface area contributed by atoms with E-state index in [4.69, 9.17) is 5.11 Å². The summed E-state index contributed by atoms with van der Waals surface area (Å²) in [5, 5.41) is 8.65. The fourth-order valence-electron chi connectivity index (χ4n) is 2.51. The van der Waals surface area contributed by atoms with Crippen LogP contribution < -0.4 is 11.2 Å². The van der Waals surface area contributed by atoms with Gasteiger partial charge in [-0.15, -0.1) is 0 Å². The number of likely N-dealkylation sites (tertiary alicyclic amines) is 1. The normalized spacial score (nSPS) is 15.9. The first-order chi connectivity index (χ1) is 9.95. The van der Waals surface area contributed by atoms with Crippen molar-refractivity contribution in [2.45, 2.75) is 25.7 Å². The fraction of sp³-hybridized carbons (Fsp3) is 0.538. The van der Waals surface area contributed by atoms with Crippen molar-refractivity contribution < 1.29 is 14.7 Å². The molecule has 21 heavy (non-hydrogen) atoms. The van der Waals surface area contributed by atoms with E-state index in [-0.39, 0.29) is 18.0 Å². The third-order valence-corrected chi connectivity index (χ3v) is 3.66. The second-order valence-corrected chi connectivity index (χ2v) is 5.17. The van der Waals surface area contributed by atoms with Gasteiger partial charge in [0.05, 0.1) is 0 Å². The number of nitrogens with one attached hydrogen (secondary N) is 2. The molecular weight excluding hydrogens is 278 g/mol. The third kappa shape index (κ3) is 4.04. The van der Waals surface area contributed by atoms with Crippen LogP contribution in [-0.4, -0.2) is 44.9 Å². The topological polar surface area (TPSA) is 123 Å². The van der Waals surface area contributed by atoms with Gasteiger partial charge in [0.15, 0.2) is 0 Å². The van der Waals surface area contributed by atoms with Crippen molar-refractivity contribution in [3.8, 4) is 0 Å². The number of aromatic nitrogens is 2. The zero-order chi connectivity index (χ0) is 15.4. The number of carbonyl (C=O) groups excluding carboxylic acids is 1. The van der Waals surface area contributed by atoms with E-state index in [0.717, 1.165) is 18.9 Å². The summed E-state index contributed by atoms with van der Waals surface area (Å²) < 4.78 is 0. The Morgan fingerprint density at radius 2 is 1.90 bits per heavy atom. The Hall–Kier alpha value is -2.38. The number of rotatable bonds is 4. The summed E-state index contributed by atoms with van der Waals surface area (Å²) in [5.74, 6) is -0.896. The lowest BCUT2D eigenvalue weighted by Crippen LogP contribution is -2.40. The summed E-state index contributed by atoms with van der Waals surface area (Å²) in [6.07, 6.45) is 2.21. The molecule has 1 fully saturated rings. The van der Waals surface area contributed by atoms with Gasteiger partial charge in [0.25, 0.3) is 11.5 Å². The Labute approximate surface area is 119 Å². The first-order valence-electron chi connectivity index (χ1n) is 6.80. The number of carboxylic acids is 1. The lowest BCUT2D eigenvalue weighted by atomic mass is 9.92. The Bertz CT molecular complexity index is 611. The van der Waals surface area contributed by atoms with Gasteiger partial charge >= 0.3 is 11.7 Å². The van der Waals surface area contributed by atoms with E-state index in [0.29, 0.717) is 25.4 Å². The number of carbonyl (C=O) groups is 2. The highest BCUT2D eigenvalue weighted by atomic mass is 16.4. The molecule has 1 aromatic rings. The maximum absolute atomic E-state index is 12.2. The van der Waals surface area contributed by atoms with E-state index in [2.05, 4.69) is 4.98 Å². The molecule has 0 unspecified atom stereocenters. The summed E-state index contributed by atoms with van der Waals surface area (Å²) in [5.41, 5.74) is -1.34. The summed E-state index contributed by atoms with van der Waals surface area (Å²) >= 11 is 0. The molecule has 2 rings (SSSR count). The van der Waals surface area contributed by atoms with Crippen LogP contribution in [0.25, 0.3) is 0 Å². The molecule has 0 bridgehead atoms. The van der Waals surface area contributed by atoms with Crippen molar-refractivity contribution >= 4 is 11.9 Å². The molecule has 3 N–H and O–H groups in total. The molecule has 0 aliphatic carbocycles. The highest BCUT2D eigenvalue weighted by Gasteiger charge is 2.24. The number of H-pyrrole nitrogens is 2. The first kappa shape index (κ1) is 15.0. The molecule has 1 aromatic heterocycles. The standard InChI is InChI=1S/C13H17N3O5/c17-10-7-9(14-13(21)15-10)12(20)16-5-3-8(4-6-16)1-2-11(18)19/h7-8H,1-6H2,(H,18,19)(H2,14,15,17,21). The molecule has 1 aliphatic heterocycles. The van der Waals surface area contributed by atoms with Crippen molar-refractivity contribution in [2.24, 2.45) is 5.92 Å². The minimum absolute atomic E-state index is 0.0206. The number of nitrogens with zero attached hydrogens (tertiary/aromatic N) is 1. The van der Waals surface area contributed by atoms with Crippen molar-refractivity contribution in [3.05, 3.63) is 32.6 Å². The Balaban J connectivity index is 1.95. The van der Waals surface area contributed by atoms with Gasteiger partial charge in [0.1, 0.15) is 5.69 Å². The molecular formula is C13H17N3O5. The number of hydrogen-bond acceptors (Lipinski definition) is 4. The van der Waals surface area contributed by atoms with Crippen LogP contribution in [0.15, 0.2) is 15.7 Å². The number of hydrogen-bond donors (Lipinski definition) is 3. The second-order valence-electron chi connectivity index (χ2n) is 5.17. The summed E-state index contributed by atoms with van der Waals surface area (Å²) in [6, 6.07) is 1.07. The predicted molar refractivity (Wildman–Crippen MR) is 73.2 cm³/mol. The predicted octanol–water partition coefficient (Wildman–Crippen LogP) is -0.220. The van der Waals surface area contributed by atoms with Gasteiger partial charge in [-0.05, 0) is 25.2 Å². The van der Waals surface area contributed by atoms with E-state index in [1.807, 2.05) is 4.98 Å². The van der Waals surface area contributed by atoms with Crippen molar-refractivity contribution in [2.75, 3.05) is 13.1 Å². The van der Waals surface area contributed by atoms with Crippen molar-refractivity contribution in [1.29, 1.82) is 0 Å². The van der Waals surface area contributed by atoms with E-state index >= 15 is 0 Å². The molecule has 0 aromatic carbocycles. The molecule has 0 saturated carbocycles. The van der Waals surface area contributed by atoms with Crippen LogP contribution in [0.2, 0.25) is 0 Å². The molecule has 2 heterocycles. The minimum atomic E-state index is -0.811. The monoisotopic (exact) mass is 295 g/mol. The van der Waals surface area contributed by atoms with Crippen LogP contribution in [0.4, 0.5) is 0 Å². The maximum Gasteiger partial charge on any atom is 0.326 e. The SMILES string of the molecule is O=C(O)CCC1CCN(C(=O)c2cc(=O)[nH]c(=O)[nH]2)CC1. The number of aromatic amines is 2. The van der Waals surface area contributed by atoms with Crippen LogP contribution in [0.1, 0.15) is 36.2 Å². The van der Waals surface area contributed by atoms with Crippen LogP contribution in [0.5, 0.6) is 0 Å². The quantitative estimate of drug-likeness (QED) is 0.708. The minimum Gasteiger partial charge on any atom is -0.481 e. The number of aliphatic carboxylic acids is 1. The van der Waals surface area contributed by atoms with Crippen LogP contribution >= 0.6 is 0 Å². The van der Waals surface area contributed by atoms with Crippen molar-refractivity contribution in [1.82, 2.24) is 14.9 Å². The Morgan fingerprint density at radius 3 is 2.48 bits per heavy atom. The average Bonchev–Trinajstić information content (AvgIpc) is 2.44. The largest absolute Gasteiger partial charge is 0.481 e. The van der Waals surface area contributed by atoms with Crippen LogP contribution in [0, 0.1) is 5.92 Å². The maximum atomic E-state index is 12.2. The number of piperidine rings is 1. The van der Waals surface area contributed by atoms with Gasteiger partial charge in [0, 0.05) is 25.6 Å². The van der Waals surface area contributed by atoms with E-state index in [9.17, 15) is 19.2 Å². The molecule has 0 atom stereocenters. The zero-order valence-corrected chi connectivity index (χ0v) is 11.4. The zero-order valence-electron chi connectivity index (χ0n) is 11.4. The van der Waals surface area contributed by atoms with E-state index < -0.39 is 17.2 Å². The molecule has 1 amide bonds. The highest BCUT2D eigenvalue weighted by molar-refractivity contribution is 5.92. The molecule has 114 valence electrons. The lowest BCUT2D eigenvalue weighted by molar-refractivity contribution is -0.137. The Morgan fingerprint density at radius 1 is 1.24 bits per heavy atom. The van der Waals surface area contributed by atoms with Crippen LogP contribution in [-0.2, 0) is 4.79 Å². The van der Waals surface area contributed by atoms with Gasteiger partial charge < -0.3 is 15.0 Å². The first-order valence-corrected chi connectivity index (χ1v) is 6.80. The average molecular weight is 295 g/mol. The van der Waals surface area contributed by atoms with Gasteiger partial charge in [-0.25, -0.2) is 4.79 Å². The lowest BCUT2D eigenvalue weighted by Gasteiger charge is -2.31. The van der Waals surface area contributed by atoms with Gasteiger partial charge in [0.2, 0.25) is 0 Å². The Kier molecular flexibility index (Phi) is 4.56. The molecule has 8 nitrogen and oxygen atoms in total. The number of carboxylic acid groups (broad SMARTS) is 1. The molecule has 8 heteroatoms. The summed E-state index contributed by atoms with van der Waals surface area (Å²) in [4.78, 5) is 51.0. The molecule has 1 saturated heterocycles. The van der Waals surface area contributed by atoms with Crippen LogP contribution in [0.3, 0.4) is 0 Å². The third-order valence-electron chi connectivity index (χ3n) is 3.66. The fourth-order valence-corrected chi connectivity index (χ4v) is 2.51. The smallest absolute Gasteiger partial charge is 0.326 e. The molecule has 0 spiro atoms.